The lowest BCUT2D eigenvalue weighted by atomic mass is 9.95. The van der Waals surface area contributed by atoms with E-state index in [1.165, 1.54) is 5.56 Å². The minimum Gasteiger partial charge on any atom is -0.384 e. The third-order valence-corrected chi connectivity index (χ3v) is 3.68. The SMILES string of the molecule is CCn1ccnc1C(=O)CC1CNc2ccccc21. The monoisotopic (exact) mass is 255 g/mol. The lowest BCUT2D eigenvalue weighted by molar-refractivity contribution is 0.0961. The quantitative estimate of drug-likeness (QED) is 0.854. The maximum atomic E-state index is 12.3. The first-order valence-corrected chi connectivity index (χ1v) is 6.66. The molecule has 2 heterocycles. The van der Waals surface area contributed by atoms with E-state index in [4.69, 9.17) is 0 Å². The maximum absolute atomic E-state index is 12.3. The van der Waals surface area contributed by atoms with Crippen LogP contribution < -0.4 is 5.32 Å². The van der Waals surface area contributed by atoms with Gasteiger partial charge in [0, 0.05) is 43.5 Å². The smallest absolute Gasteiger partial charge is 0.198 e. The van der Waals surface area contributed by atoms with Gasteiger partial charge in [0.2, 0.25) is 0 Å². The number of carbonyl (C=O) groups excluding carboxylic acids is 1. The fraction of sp³-hybridized carbons (Fsp3) is 0.333. The molecule has 1 aromatic carbocycles. The standard InChI is InChI=1S/C15H17N3O/c1-2-18-8-7-16-15(18)14(19)9-11-10-17-13-6-4-3-5-12(11)13/h3-8,11,17H,2,9-10H2,1H3. The fourth-order valence-electron chi connectivity index (χ4n) is 2.67. The normalized spacial score (nSPS) is 17.0. The van der Waals surface area contributed by atoms with Gasteiger partial charge in [0.15, 0.2) is 11.6 Å². The molecular formula is C15H17N3O. The molecule has 1 unspecified atom stereocenters. The van der Waals surface area contributed by atoms with Crippen molar-refractivity contribution in [3.05, 3.63) is 48.0 Å². The van der Waals surface area contributed by atoms with Gasteiger partial charge in [0.25, 0.3) is 0 Å². The van der Waals surface area contributed by atoms with Crippen molar-refractivity contribution >= 4 is 11.5 Å². The van der Waals surface area contributed by atoms with Gasteiger partial charge < -0.3 is 9.88 Å². The number of para-hydroxylation sites is 1. The molecule has 0 amide bonds. The molecule has 0 bridgehead atoms. The van der Waals surface area contributed by atoms with Gasteiger partial charge >= 0.3 is 0 Å². The van der Waals surface area contributed by atoms with E-state index in [-0.39, 0.29) is 11.7 Å². The molecule has 4 nitrogen and oxygen atoms in total. The third-order valence-electron chi connectivity index (χ3n) is 3.68. The summed E-state index contributed by atoms with van der Waals surface area (Å²) >= 11 is 0. The predicted molar refractivity (Wildman–Crippen MR) is 74.5 cm³/mol. The van der Waals surface area contributed by atoms with Gasteiger partial charge in [-0.1, -0.05) is 18.2 Å². The van der Waals surface area contributed by atoms with Crippen molar-refractivity contribution in [3.63, 3.8) is 0 Å². The van der Waals surface area contributed by atoms with Gasteiger partial charge in [0.05, 0.1) is 0 Å². The minimum atomic E-state index is 0.121. The van der Waals surface area contributed by atoms with Gasteiger partial charge in [0.1, 0.15) is 0 Å². The van der Waals surface area contributed by atoms with Crippen molar-refractivity contribution in [1.82, 2.24) is 9.55 Å². The number of anilines is 1. The summed E-state index contributed by atoms with van der Waals surface area (Å²) in [5.74, 6) is 0.952. The Morgan fingerprint density at radius 1 is 1.47 bits per heavy atom. The second kappa shape index (κ2) is 4.88. The van der Waals surface area contributed by atoms with Gasteiger partial charge in [-0.25, -0.2) is 4.98 Å². The first-order chi connectivity index (χ1) is 9.29. The summed E-state index contributed by atoms with van der Waals surface area (Å²) in [7, 11) is 0. The molecule has 2 aromatic rings. The van der Waals surface area contributed by atoms with E-state index in [9.17, 15) is 4.79 Å². The van der Waals surface area contributed by atoms with E-state index >= 15 is 0 Å². The number of rotatable bonds is 4. The molecule has 1 aliphatic rings. The Balaban J connectivity index is 1.78. The molecule has 1 atom stereocenters. The molecular weight excluding hydrogens is 238 g/mol. The van der Waals surface area contributed by atoms with Crippen LogP contribution in [0.3, 0.4) is 0 Å². The summed E-state index contributed by atoms with van der Waals surface area (Å²) in [6.45, 7) is 3.63. The average molecular weight is 255 g/mol. The number of carbonyl (C=O) groups is 1. The van der Waals surface area contributed by atoms with E-state index in [1.54, 1.807) is 6.20 Å². The number of Topliss-reactive ketones (excluding diaryl/α,β-unsaturated/α-hetero) is 1. The molecule has 0 saturated heterocycles. The van der Waals surface area contributed by atoms with Crippen LogP contribution in [0.2, 0.25) is 0 Å². The zero-order valence-electron chi connectivity index (χ0n) is 11.0. The highest BCUT2D eigenvalue weighted by Gasteiger charge is 2.25. The van der Waals surface area contributed by atoms with Crippen molar-refractivity contribution in [2.45, 2.75) is 25.8 Å². The Kier molecular flexibility index (Phi) is 3.07. The summed E-state index contributed by atoms with van der Waals surface area (Å²) in [6.07, 6.45) is 4.06. The topological polar surface area (TPSA) is 46.9 Å². The molecule has 3 rings (SSSR count). The fourth-order valence-corrected chi connectivity index (χ4v) is 2.67. The molecule has 98 valence electrons. The van der Waals surface area contributed by atoms with Crippen LogP contribution in [-0.2, 0) is 6.54 Å². The van der Waals surface area contributed by atoms with Crippen molar-refractivity contribution in [2.24, 2.45) is 0 Å². The van der Waals surface area contributed by atoms with Crippen LogP contribution in [0.5, 0.6) is 0 Å². The van der Waals surface area contributed by atoms with Gasteiger partial charge in [-0.2, -0.15) is 0 Å². The molecule has 1 N–H and O–H groups in total. The minimum absolute atomic E-state index is 0.121. The lowest BCUT2D eigenvalue weighted by Gasteiger charge is -2.09. The molecule has 0 spiro atoms. The lowest BCUT2D eigenvalue weighted by Crippen LogP contribution is -2.14. The molecule has 0 radical (unpaired) electrons. The Hall–Kier alpha value is -2.10. The number of hydrogen-bond acceptors (Lipinski definition) is 3. The summed E-state index contributed by atoms with van der Waals surface area (Å²) in [6, 6.07) is 8.20. The van der Waals surface area contributed by atoms with Gasteiger partial charge in [-0.15, -0.1) is 0 Å². The Labute approximate surface area is 112 Å². The number of nitrogens with zero attached hydrogens (tertiary/aromatic N) is 2. The van der Waals surface area contributed by atoms with E-state index in [1.807, 2.05) is 29.8 Å². The number of hydrogen-bond donors (Lipinski definition) is 1. The zero-order valence-corrected chi connectivity index (χ0v) is 11.0. The first kappa shape index (κ1) is 12.0. The zero-order chi connectivity index (χ0) is 13.2. The highest BCUT2D eigenvalue weighted by Crippen LogP contribution is 2.33. The van der Waals surface area contributed by atoms with Crippen molar-refractivity contribution in [3.8, 4) is 0 Å². The molecule has 0 fully saturated rings. The second-order valence-electron chi connectivity index (χ2n) is 4.83. The molecule has 4 heteroatoms. The largest absolute Gasteiger partial charge is 0.384 e. The Morgan fingerprint density at radius 2 is 2.32 bits per heavy atom. The van der Waals surface area contributed by atoms with Crippen LogP contribution in [-0.4, -0.2) is 21.9 Å². The number of aryl methyl sites for hydroxylation is 1. The van der Waals surface area contributed by atoms with E-state index < -0.39 is 0 Å². The van der Waals surface area contributed by atoms with Crippen LogP contribution in [0.25, 0.3) is 0 Å². The number of nitrogens with one attached hydrogen (secondary N) is 1. The molecule has 19 heavy (non-hydrogen) atoms. The Bertz CT molecular complexity index is 603. The summed E-state index contributed by atoms with van der Waals surface area (Å²) in [4.78, 5) is 16.5. The van der Waals surface area contributed by atoms with E-state index in [0.29, 0.717) is 12.2 Å². The van der Waals surface area contributed by atoms with Crippen molar-refractivity contribution in [1.29, 1.82) is 0 Å². The van der Waals surface area contributed by atoms with Crippen molar-refractivity contribution in [2.75, 3.05) is 11.9 Å². The maximum Gasteiger partial charge on any atom is 0.198 e. The van der Waals surface area contributed by atoms with Crippen LogP contribution >= 0.6 is 0 Å². The number of fused-ring (bicyclic) bond motifs is 1. The third kappa shape index (κ3) is 2.14. The summed E-state index contributed by atoms with van der Waals surface area (Å²) < 4.78 is 1.90. The highest BCUT2D eigenvalue weighted by atomic mass is 16.1. The summed E-state index contributed by atoms with van der Waals surface area (Å²) in [5.41, 5.74) is 2.39. The highest BCUT2D eigenvalue weighted by molar-refractivity contribution is 5.93. The predicted octanol–water partition coefficient (Wildman–Crippen LogP) is 2.69. The molecule has 1 aromatic heterocycles. The second-order valence-corrected chi connectivity index (χ2v) is 4.83. The number of aromatic nitrogens is 2. The number of imidazole rings is 1. The van der Waals surface area contributed by atoms with Gasteiger partial charge in [-0.3, -0.25) is 4.79 Å². The van der Waals surface area contributed by atoms with E-state index in [0.717, 1.165) is 18.8 Å². The first-order valence-electron chi connectivity index (χ1n) is 6.66. The molecule has 0 aliphatic carbocycles. The number of benzene rings is 1. The summed E-state index contributed by atoms with van der Waals surface area (Å²) in [5, 5.41) is 3.35. The number of ketones is 1. The van der Waals surface area contributed by atoms with E-state index in [2.05, 4.69) is 22.4 Å². The van der Waals surface area contributed by atoms with Crippen LogP contribution in [0.15, 0.2) is 36.7 Å². The van der Waals surface area contributed by atoms with Gasteiger partial charge in [-0.05, 0) is 18.6 Å². The van der Waals surface area contributed by atoms with Crippen LogP contribution in [0.1, 0.15) is 35.4 Å². The molecule has 0 saturated carbocycles. The Morgan fingerprint density at radius 3 is 3.16 bits per heavy atom. The molecule has 1 aliphatic heterocycles. The van der Waals surface area contributed by atoms with Crippen LogP contribution in [0, 0.1) is 0 Å². The van der Waals surface area contributed by atoms with Crippen molar-refractivity contribution < 1.29 is 4.79 Å². The van der Waals surface area contributed by atoms with Crippen LogP contribution in [0.4, 0.5) is 5.69 Å². The average Bonchev–Trinajstić information content (AvgIpc) is 3.05.